The number of hydrazone groups is 1. The van der Waals surface area contributed by atoms with Gasteiger partial charge in [0.2, 0.25) is 5.91 Å². The molecule has 0 radical (unpaired) electrons. The summed E-state index contributed by atoms with van der Waals surface area (Å²) < 4.78 is 18.7. The molecule has 2 aliphatic heterocycles. The summed E-state index contributed by atoms with van der Waals surface area (Å²) in [5.41, 5.74) is 3.30. The van der Waals surface area contributed by atoms with Gasteiger partial charge in [0.1, 0.15) is 16.8 Å². The van der Waals surface area contributed by atoms with Crippen LogP contribution < -0.4 is 10.1 Å². The minimum absolute atomic E-state index is 0.0210. The molecule has 2 aliphatic rings. The Kier molecular flexibility index (Phi) is 6.81. The van der Waals surface area contributed by atoms with Crippen LogP contribution in [0.4, 0.5) is 10.1 Å². The van der Waals surface area contributed by atoms with E-state index in [1.54, 1.807) is 48.5 Å². The van der Waals surface area contributed by atoms with Gasteiger partial charge in [-0.2, -0.15) is 10.1 Å². The molecule has 2 atom stereocenters. The van der Waals surface area contributed by atoms with Gasteiger partial charge in [-0.25, -0.2) is 9.40 Å². The van der Waals surface area contributed by atoms with E-state index >= 15 is 0 Å². The van der Waals surface area contributed by atoms with Crippen LogP contribution in [-0.4, -0.2) is 40.1 Å². The number of amidine groups is 1. The maximum atomic E-state index is 13.6. The molecule has 0 fully saturated rings. The number of hydrogen-bond donors (Lipinski definition) is 1. The van der Waals surface area contributed by atoms with Crippen LogP contribution in [0.1, 0.15) is 30.0 Å². The highest BCUT2D eigenvalue weighted by Crippen LogP contribution is 2.38. The van der Waals surface area contributed by atoms with Gasteiger partial charge in [0.25, 0.3) is 5.91 Å². The molecule has 9 heteroatoms. The average molecular weight is 503 g/mol. The SMILES string of the molecule is COc1ccc(NC(=O)CC2SC(N3N=C(c4ccccc4)CC3c3ccc(F)cc3)=NC2=O)cc1. The molecule has 0 bridgehead atoms. The fraction of sp³-hybridized carbons (Fsp3) is 0.185. The summed E-state index contributed by atoms with van der Waals surface area (Å²) in [5.74, 6) is -0.295. The first-order chi connectivity index (χ1) is 17.5. The van der Waals surface area contributed by atoms with Gasteiger partial charge in [0.15, 0.2) is 5.17 Å². The first kappa shape index (κ1) is 23.7. The van der Waals surface area contributed by atoms with Crippen molar-refractivity contribution in [3.05, 3.63) is 95.8 Å². The number of hydrogen-bond acceptors (Lipinski definition) is 6. The third-order valence-electron chi connectivity index (χ3n) is 5.94. The van der Waals surface area contributed by atoms with Crippen molar-refractivity contribution >= 4 is 40.1 Å². The predicted molar refractivity (Wildman–Crippen MR) is 139 cm³/mol. The smallest absolute Gasteiger partial charge is 0.262 e. The number of aliphatic imine (C=N–C) groups is 1. The molecule has 182 valence electrons. The minimum Gasteiger partial charge on any atom is -0.497 e. The second-order valence-electron chi connectivity index (χ2n) is 8.35. The van der Waals surface area contributed by atoms with Gasteiger partial charge in [-0.1, -0.05) is 54.2 Å². The van der Waals surface area contributed by atoms with Crippen molar-refractivity contribution in [1.29, 1.82) is 0 Å². The van der Waals surface area contributed by atoms with E-state index in [9.17, 15) is 14.0 Å². The number of carbonyl (C=O) groups excluding carboxylic acids is 2. The van der Waals surface area contributed by atoms with Crippen LogP contribution >= 0.6 is 11.8 Å². The molecule has 36 heavy (non-hydrogen) atoms. The van der Waals surface area contributed by atoms with Crippen LogP contribution in [0, 0.1) is 5.82 Å². The second-order valence-corrected chi connectivity index (χ2v) is 9.52. The summed E-state index contributed by atoms with van der Waals surface area (Å²) >= 11 is 1.22. The summed E-state index contributed by atoms with van der Waals surface area (Å²) in [7, 11) is 1.57. The Labute approximate surface area is 212 Å². The number of nitrogens with zero attached hydrogens (tertiary/aromatic N) is 3. The molecule has 0 aromatic heterocycles. The quantitative estimate of drug-likeness (QED) is 0.512. The predicted octanol–water partition coefficient (Wildman–Crippen LogP) is 5.01. The zero-order valence-corrected chi connectivity index (χ0v) is 20.2. The number of rotatable bonds is 6. The van der Waals surface area contributed by atoms with Crippen molar-refractivity contribution in [1.82, 2.24) is 5.01 Å². The Bertz CT molecular complexity index is 1330. The van der Waals surface area contributed by atoms with Crippen LogP contribution in [-0.2, 0) is 9.59 Å². The standard InChI is InChI=1S/C27H23FN4O3S/c1-35-21-13-11-20(12-14-21)29-25(33)16-24-26(34)30-27(36-24)32-23(18-7-9-19(28)10-8-18)15-22(31-32)17-5-3-2-4-6-17/h2-14,23-24H,15-16H2,1H3,(H,29,33). The van der Waals surface area contributed by atoms with Crippen molar-refractivity contribution < 1.29 is 18.7 Å². The minimum atomic E-state index is -0.650. The maximum absolute atomic E-state index is 13.6. The van der Waals surface area contributed by atoms with Gasteiger partial charge in [0, 0.05) is 18.5 Å². The third kappa shape index (κ3) is 5.16. The fourth-order valence-corrected chi connectivity index (χ4v) is 5.16. The molecule has 0 saturated carbocycles. The van der Waals surface area contributed by atoms with Gasteiger partial charge in [-0.15, -0.1) is 0 Å². The van der Waals surface area contributed by atoms with Crippen molar-refractivity contribution in [2.75, 3.05) is 12.4 Å². The Morgan fingerprint density at radius 3 is 2.50 bits per heavy atom. The van der Waals surface area contributed by atoms with Gasteiger partial charge in [-0.3, -0.25) is 9.59 Å². The fourth-order valence-electron chi connectivity index (χ4n) is 4.10. The Hall–Kier alpha value is -3.98. The molecule has 3 aromatic rings. The Balaban J connectivity index is 1.32. The number of halogens is 1. The lowest BCUT2D eigenvalue weighted by atomic mass is 9.99. The van der Waals surface area contributed by atoms with Crippen LogP contribution in [0.25, 0.3) is 0 Å². The van der Waals surface area contributed by atoms with E-state index in [1.165, 1.54) is 23.9 Å². The highest BCUT2D eigenvalue weighted by molar-refractivity contribution is 8.15. The highest BCUT2D eigenvalue weighted by Gasteiger charge is 2.39. The van der Waals surface area contributed by atoms with Gasteiger partial charge in [-0.05, 0) is 47.5 Å². The number of thioether (sulfide) groups is 1. The summed E-state index contributed by atoms with van der Waals surface area (Å²) in [5, 5.41) is 9.10. The highest BCUT2D eigenvalue weighted by atomic mass is 32.2. The molecular formula is C27H23FN4O3S. The summed E-state index contributed by atoms with van der Waals surface area (Å²) in [4.78, 5) is 29.6. The summed E-state index contributed by atoms with van der Waals surface area (Å²) in [6.07, 6.45) is 0.554. The first-order valence-electron chi connectivity index (χ1n) is 11.4. The van der Waals surface area contributed by atoms with Gasteiger partial charge < -0.3 is 10.1 Å². The number of nitrogens with one attached hydrogen (secondary N) is 1. The number of amides is 2. The lowest BCUT2D eigenvalue weighted by molar-refractivity contribution is -0.121. The van der Waals surface area contributed by atoms with Crippen molar-refractivity contribution in [3.63, 3.8) is 0 Å². The topological polar surface area (TPSA) is 83.4 Å². The Morgan fingerprint density at radius 2 is 1.81 bits per heavy atom. The molecule has 0 aliphatic carbocycles. The molecule has 2 heterocycles. The van der Waals surface area contributed by atoms with Crippen molar-refractivity contribution in [2.45, 2.75) is 24.1 Å². The number of anilines is 1. The van der Waals surface area contributed by atoms with E-state index in [0.29, 0.717) is 23.0 Å². The second kappa shape index (κ2) is 10.3. The summed E-state index contributed by atoms with van der Waals surface area (Å²) in [6.45, 7) is 0. The largest absolute Gasteiger partial charge is 0.497 e. The molecule has 7 nitrogen and oxygen atoms in total. The summed E-state index contributed by atoms with van der Waals surface area (Å²) in [6, 6.07) is 22.8. The third-order valence-corrected chi connectivity index (χ3v) is 7.08. The first-order valence-corrected chi connectivity index (χ1v) is 12.3. The van der Waals surface area contributed by atoms with Gasteiger partial charge in [0.05, 0.1) is 18.9 Å². The van der Waals surface area contributed by atoms with Crippen molar-refractivity contribution in [2.24, 2.45) is 10.1 Å². The molecule has 1 N–H and O–H groups in total. The van der Waals surface area contributed by atoms with Crippen LogP contribution in [0.5, 0.6) is 5.75 Å². The Morgan fingerprint density at radius 1 is 1.08 bits per heavy atom. The molecule has 2 unspecified atom stereocenters. The molecule has 0 spiro atoms. The average Bonchev–Trinajstić information content (AvgIpc) is 3.49. The van der Waals surface area contributed by atoms with E-state index < -0.39 is 5.25 Å². The molecule has 3 aromatic carbocycles. The monoisotopic (exact) mass is 502 g/mol. The number of ether oxygens (including phenoxy) is 1. The van der Waals surface area contributed by atoms with E-state index in [2.05, 4.69) is 10.3 Å². The van der Waals surface area contributed by atoms with Gasteiger partial charge >= 0.3 is 0 Å². The lowest BCUT2D eigenvalue weighted by Gasteiger charge is -2.23. The maximum Gasteiger partial charge on any atom is 0.262 e. The normalized spacial score (nSPS) is 19.2. The van der Waals surface area contributed by atoms with E-state index in [0.717, 1.165) is 16.8 Å². The molecule has 2 amide bonds. The zero-order chi connectivity index (χ0) is 25.1. The van der Waals surface area contributed by atoms with E-state index in [-0.39, 0.29) is 30.1 Å². The van der Waals surface area contributed by atoms with Crippen LogP contribution in [0.2, 0.25) is 0 Å². The number of benzene rings is 3. The van der Waals surface area contributed by atoms with Crippen LogP contribution in [0.3, 0.4) is 0 Å². The number of carbonyl (C=O) groups is 2. The van der Waals surface area contributed by atoms with E-state index in [1.807, 2.05) is 30.3 Å². The molecular weight excluding hydrogens is 479 g/mol. The molecule has 5 rings (SSSR count). The van der Waals surface area contributed by atoms with Crippen molar-refractivity contribution in [3.8, 4) is 5.75 Å². The number of methoxy groups -OCH3 is 1. The lowest BCUT2D eigenvalue weighted by Crippen LogP contribution is -2.25. The zero-order valence-electron chi connectivity index (χ0n) is 19.4. The molecule has 0 saturated heterocycles. The van der Waals surface area contributed by atoms with E-state index in [4.69, 9.17) is 9.84 Å². The van der Waals surface area contributed by atoms with Crippen LogP contribution in [0.15, 0.2) is 89.0 Å².